The van der Waals surface area contributed by atoms with Gasteiger partial charge in [-0.1, -0.05) is 0 Å². The molecule has 1 aliphatic heterocycles. The maximum atomic E-state index is 11.9. The number of morpholine rings is 1. The first-order valence-corrected chi connectivity index (χ1v) is 5.67. The lowest BCUT2D eigenvalue weighted by atomic mass is 10.2. The Morgan fingerprint density at radius 2 is 2.06 bits per heavy atom. The summed E-state index contributed by atoms with van der Waals surface area (Å²) in [5.74, 6) is 2.78. The zero-order valence-electron chi connectivity index (χ0n) is 10.4. The summed E-state index contributed by atoms with van der Waals surface area (Å²) in [6, 6.07) is -0.856. The van der Waals surface area contributed by atoms with Crippen LogP contribution in [0, 0.1) is 0 Å². The van der Waals surface area contributed by atoms with Gasteiger partial charge >= 0.3 is 11.8 Å². The van der Waals surface area contributed by atoms with Gasteiger partial charge in [0.15, 0.2) is 0 Å². The van der Waals surface area contributed by atoms with Crippen molar-refractivity contribution in [2.45, 2.75) is 25.9 Å². The van der Waals surface area contributed by atoms with Gasteiger partial charge in [0.1, 0.15) is 6.04 Å². The Kier molecular flexibility index (Phi) is 5.05. The summed E-state index contributed by atoms with van der Waals surface area (Å²) >= 11 is 0. The highest BCUT2D eigenvalue weighted by molar-refractivity contribution is 6.35. The topological polar surface area (TPSA) is 114 Å². The number of hydrogen-bond acceptors (Lipinski definition) is 5. The number of ether oxygens (including phenoxy) is 1. The molecule has 1 aliphatic rings. The Morgan fingerprint density at radius 3 is 2.61 bits per heavy atom. The normalized spacial score (nSPS) is 19.6. The highest BCUT2D eigenvalue weighted by Crippen LogP contribution is 2.08. The van der Waals surface area contributed by atoms with Crippen LogP contribution < -0.4 is 16.6 Å². The predicted molar refractivity (Wildman–Crippen MR) is 61.9 cm³/mol. The Hall–Kier alpha value is -1.67. The second-order valence-electron chi connectivity index (χ2n) is 4.23. The molecular weight excluding hydrogens is 240 g/mol. The molecule has 0 bridgehead atoms. The lowest BCUT2D eigenvalue weighted by Crippen LogP contribution is -2.59. The first-order chi connectivity index (χ1) is 8.47. The largest absolute Gasteiger partial charge is 0.377 e. The summed E-state index contributed by atoms with van der Waals surface area (Å²) in [6.45, 7) is 4.15. The van der Waals surface area contributed by atoms with E-state index in [1.54, 1.807) is 19.3 Å². The molecule has 1 heterocycles. The summed E-state index contributed by atoms with van der Waals surface area (Å²) in [5.41, 5.74) is 1.76. The number of nitrogens with two attached hydrogens (primary N) is 1. The highest BCUT2D eigenvalue weighted by Gasteiger charge is 2.35. The third-order valence-corrected chi connectivity index (χ3v) is 2.45. The van der Waals surface area contributed by atoms with E-state index in [0.29, 0.717) is 0 Å². The first kappa shape index (κ1) is 14.4. The molecule has 0 saturated carbocycles. The fourth-order valence-electron chi connectivity index (χ4n) is 1.64. The van der Waals surface area contributed by atoms with Crippen LogP contribution in [0.4, 0.5) is 0 Å². The van der Waals surface area contributed by atoms with Crippen molar-refractivity contribution in [2.75, 3.05) is 19.8 Å². The summed E-state index contributed by atoms with van der Waals surface area (Å²) in [4.78, 5) is 36.0. The molecule has 102 valence electrons. The average molecular weight is 258 g/mol. The van der Waals surface area contributed by atoms with Gasteiger partial charge in [-0.05, 0) is 13.8 Å². The van der Waals surface area contributed by atoms with Crippen molar-refractivity contribution in [1.82, 2.24) is 15.6 Å². The Balaban J connectivity index is 2.76. The molecule has 1 fully saturated rings. The lowest BCUT2D eigenvalue weighted by molar-refractivity contribution is -0.155. The lowest BCUT2D eigenvalue weighted by Gasteiger charge is -2.34. The fraction of sp³-hybridized carbons (Fsp3) is 0.700. The molecule has 0 aliphatic carbocycles. The number of carbonyl (C=O) groups is 3. The zero-order chi connectivity index (χ0) is 13.7. The maximum absolute atomic E-state index is 11.9. The number of nitrogens with zero attached hydrogens (tertiary/aromatic N) is 1. The minimum atomic E-state index is -0.945. The molecule has 1 atom stereocenters. The van der Waals surface area contributed by atoms with E-state index in [0.717, 1.165) is 0 Å². The average Bonchev–Trinajstić information content (AvgIpc) is 2.36. The third-order valence-electron chi connectivity index (χ3n) is 2.45. The van der Waals surface area contributed by atoms with E-state index in [4.69, 9.17) is 10.6 Å². The molecule has 3 amide bonds. The first-order valence-electron chi connectivity index (χ1n) is 5.67. The summed E-state index contributed by atoms with van der Waals surface area (Å²) in [5, 5.41) is 2.68. The Labute approximate surface area is 105 Å². The van der Waals surface area contributed by atoms with Crippen LogP contribution in [0.2, 0.25) is 0 Å². The van der Waals surface area contributed by atoms with Crippen LogP contribution in [0.1, 0.15) is 13.8 Å². The van der Waals surface area contributed by atoms with Crippen LogP contribution in [-0.2, 0) is 19.1 Å². The highest BCUT2D eigenvalue weighted by atomic mass is 16.5. The van der Waals surface area contributed by atoms with Crippen molar-refractivity contribution < 1.29 is 19.1 Å². The molecule has 1 unspecified atom stereocenters. The second kappa shape index (κ2) is 6.31. The number of nitrogens with one attached hydrogen (secondary N) is 2. The Morgan fingerprint density at radius 1 is 1.39 bits per heavy atom. The molecule has 8 heteroatoms. The number of hydrazine groups is 1. The number of carbonyl (C=O) groups excluding carboxylic acids is 3. The molecule has 0 aromatic heterocycles. The molecule has 4 N–H and O–H groups in total. The molecule has 0 radical (unpaired) electrons. The van der Waals surface area contributed by atoms with Crippen LogP contribution in [-0.4, -0.2) is 54.5 Å². The molecule has 18 heavy (non-hydrogen) atoms. The molecule has 0 aromatic rings. The smallest absolute Gasteiger partial charge is 0.323 e. The predicted octanol–water partition coefficient (Wildman–Crippen LogP) is -2.27. The number of rotatable bonds is 2. The molecule has 1 rings (SSSR count). The fourth-order valence-corrected chi connectivity index (χ4v) is 1.64. The van der Waals surface area contributed by atoms with E-state index in [-0.39, 0.29) is 31.7 Å². The van der Waals surface area contributed by atoms with Gasteiger partial charge in [-0.25, -0.2) is 5.84 Å². The van der Waals surface area contributed by atoms with Crippen LogP contribution >= 0.6 is 0 Å². The van der Waals surface area contributed by atoms with Gasteiger partial charge < -0.3 is 15.0 Å². The summed E-state index contributed by atoms with van der Waals surface area (Å²) in [7, 11) is 0. The number of hydrogen-bond donors (Lipinski definition) is 3. The molecular formula is C10H18N4O4. The standard InChI is InChI=1S/C10H18N4O4/c1-6(2)12-8(15)7-5-18-4-3-14(7)10(17)9(16)13-11/h6-7H,3-5,11H2,1-2H3,(H,12,15)(H,13,16). The van der Waals surface area contributed by atoms with Crippen molar-refractivity contribution in [3.8, 4) is 0 Å². The zero-order valence-corrected chi connectivity index (χ0v) is 10.4. The van der Waals surface area contributed by atoms with Crippen molar-refractivity contribution in [2.24, 2.45) is 5.84 Å². The quantitative estimate of drug-likeness (QED) is 0.224. The summed E-state index contributed by atoms with van der Waals surface area (Å²) < 4.78 is 5.16. The molecule has 0 aromatic carbocycles. The Bertz CT molecular complexity index is 345. The summed E-state index contributed by atoms with van der Waals surface area (Å²) in [6.07, 6.45) is 0. The van der Waals surface area contributed by atoms with Crippen LogP contribution in [0.5, 0.6) is 0 Å². The van der Waals surface area contributed by atoms with Gasteiger partial charge in [-0.3, -0.25) is 19.8 Å². The monoisotopic (exact) mass is 258 g/mol. The van der Waals surface area contributed by atoms with Gasteiger partial charge in [-0.15, -0.1) is 0 Å². The SMILES string of the molecule is CC(C)NC(=O)C1COCCN1C(=O)C(=O)NN. The van der Waals surface area contributed by atoms with Gasteiger partial charge in [0.05, 0.1) is 13.2 Å². The van der Waals surface area contributed by atoms with Gasteiger partial charge in [-0.2, -0.15) is 0 Å². The molecule has 0 spiro atoms. The van der Waals surface area contributed by atoms with Gasteiger partial charge in [0.25, 0.3) is 0 Å². The van der Waals surface area contributed by atoms with E-state index < -0.39 is 17.9 Å². The van der Waals surface area contributed by atoms with Gasteiger partial charge in [0.2, 0.25) is 5.91 Å². The van der Waals surface area contributed by atoms with Gasteiger partial charge in [0, 0.05) is 12.6 Å². The van der Waals surface area contributed by atoms with E-state index in [9.17, 15) is 14.4 Å². The minimum absolute atomic E-state index is 0.0558. The van der Waals surface area contributed by atoms with E-state index in [2.05, 4.69) is 5.32 Å². The van der Waals surface area contributed by atoms with Crippen molar-refractivity contribution in [3.63, 3.8) is 0 Å². The maximum Gasteiger partial charge on any atom is 0.323 e. The van der Waals surface area contributed by atoms with E-state index >= 15 is 0 Å². The van der Waals surface area contributed by atoms with Crippen LogP contribution in [0.25, 0.3) is 0 Å². The van der Waals surface area contributed by atoms with Crippen molar-refractivity contribution >= 4 is 17.7 Å². The van der Waals surface area contributed by atoms with E-state index in [1.165, 1.54) is 4.90 Å². The van der Waals surface area contributed by atoms with E-state index in [1.807, 2.05) is 0 Å². The van der Waals surface area contributed by atoms with Crippen molar-refractivity contribution in [1.29, 1.82) is 0 Å². The minimum Gasteiger partial charge on any atom is -0.377 e. The molecule has 8 nitrogen and oxygen atoms in total. The van der Waals surface area contributed by atoms with Crippen LogP contribution in [0.3, 0.4) is 0 Å². The molecule has 1 saturated heterocycles. The number of amides is 3. The second-order valence-corrected chi connectivity index (χ2v) is 4.23. The third kappa shape index (κ3) is 3.41. The van der Waals surface area contributed by atoms with Crippen LogP contribution in [0.15, 0.2) is 0 Å². The van der Waals surface area contributed by atoms with Crippen molar-refractivity contribution in [3.05, 3.63) is 0 Å².